The van der Waals surface area contributed by atoms with Gasteiger partial charge in [-0.25, -0.2) is 0 Å². The number of ether oxygens (including phenoxy) is 1. The summed E-state index contributed by atoms with van der Waals surface area (Å²) in [5, 5.41) is 1.19. The van der Waals surface area contributed by atoms with Crippen LogP contribution in [-0.4, -0.2) is 15.7 Å². The standard InChI is InChI=1S/C23H22N2O2/c1-3-27-22-14-23(26)24(2)16-20(22)19-10-9-18-11-12-25(21(18)13-19)15-17-7-5-4-6-8-17/h4-14,16H,3,15H2,1-2H3. The lowest BCUT2D eigenvalue weighted by Gasteiger charge is -2.13. The van der Waals surface area contributed by atoms with Crippen LogP contribution in [-0.2, 0) is 13.6 Å². The second-order valence-corrected chi connectivity index (χ2v) is 6.64. The van der Waals surface area contributed by atoms with Gasteiger partial charge < -0.3 is 13.9 Å². The van der Waals surface area contributed by atoms with E-state index in [-0.39, 0.29) is 5.56 Å². The van der Waals surface area contributed by atoms with Gasteiger partial charge in [-0.15, -0.1) is 0 Å². The van der Waals surface area contributed by atoms with Gasteiger partial charge in [-0.2, -0.15) is 0 Å². The lowest BCUT2D eigenvalue weighted by molar-refractivity contribution is 0.340. The molecule has 0 fully saturated rings. The topological polar surface area (TPSA) is 36.2 Å². The first-order valence-electron chi connectivity index (χ1n) is 9.12. The molecule has 0 atom stereocenters. The molecule has 4 nitrogen and oxygen atoms in total. The molecule has 0 saturated heterocycles. The zero-order valence-electron chi connectivity index (χ0n) is 15.6. The predicted octanol–water partition coefficient (Wildman–Crippen LogP) is 4.45. The summed E-state index contributed by atoms with van der Waals surface area (Å²) < 4.78 is 9.56. The number of aromatic nitrogens is 2. The van der Waals surface area contributed by atoms with Gasteiger partial charge in [0.2, 0.25) is 0 Å². The highest BCUT2D eigenvalue weighted by Crippen LogP contribution is 2.31. The Balaban J connectivity index is 1.81. The fourth-order valence-corrected chi connectivity index (χ4v) is 3.37. The molecule has 0 aliphatic rings. The van der Waals surface area contributed by atoms with Crippen molar-refractivity contribution in [2.45, 2.75) is 13.5 Å². The van der Waals surface area contributed by atoms with E-state index in [1.807, 2.05) is 19.2 Å². The van der Waals surface area contributed by atoms with Crippen molar-refractivity contribution in [3.63, 3.8) is 0 Å². The lowest BCUT2D eigenvalue weighted by atomic mass is 10.0. The third-order valence-corrected chi connectivity index (χ3v) is 4.77. The third kappa shape index (κ3) is 3.38. The smallest absolute Gasteiger partial charge is 0.254 e. The first kappa shape index (κ1) is 17.2. The van der Waals surface area contributed by atoms with E-state index in [4.69, 9.17) is 4.74 Å². The molecule has 0 unspecified atom stereocenters. The monoisotopic (exact) mass is 358 g/mol. The second-order valence-electron chi connectivity index (χ2n) is 6.64. The van der Waals surface area contributed by atoms with Gasteiger partial charge >= 0.3 is 0 Å². The molecule has 0 amide bonds. The van der Waals surface area contributed by atoms with Crippen LogP contribution in [0.3, 0.4) is 0 Å². The number of aryl methyl sites for hydroxylation is 1. The van der Waals surface area contributed by atoms with E-state index in [9.17, 15) is 4.79 Å². The summed E-state index contributed by atoms with van der Waals surface area (Å²) in [4.78, 5) is 12.0. The fourth-order valence-electron chi connectivity index (χ4n) is 3.37. The minimum Gasteiger partial charge on any atom is -0.493 e. The van der Waals surface area contributed by atoms with E-state index >= 15 is 0 Å². The SMILES string of the molecule is CCOc1cc(=O)n(C)cc1-c1ccc2ccn(Cc3ccccc3)c2c1. The second kappa shape index (κ2) is 7.16. The summed E-state index contributed by atoms with van der Waals surface area (Å²) in [7, 11) is 1.76. The van der Waals surface area contributed by atoms with E-state index in [0.717, 1.165) is 23.2 Å². The molecule has 0 radical (unpaired) electrons. The fraction of sp³-hybridized carbons (Fsp3) is 0.174. The average Bonchev–Trinajstić information content (AvgIpc) is 3.08. The molecule has 0 saturated carbocycles. The number of rotatable bonds is 5. The summed E-state index contributed by atoms with van der Waals surface area (Å²) in [5.74, 6) is 0.626. The van der Waals surface area contributed by atoms with Crippen LogP contribution in [0.1, 0.15) is 12.5 Å². The highest BCUT2D eigenvalue weighted by atomic mass is 16.5. The number of fused-ring (bicyclic) bond motifs is 1. The van der Waals surface area contributed by atoms with Gasteiger partial charge in [0.05, 0.1) is 6.61 Å². The minimum atomic E-state index is -0.0734. The summed E-state index contributed by atoms with van der Waals surface area (Å²) in [6, 6.07) is 20.5. The molecule has 2 aromatic carbocycles. The van der Waals surface area contributed by atoms with Gasteiger partial charge in [0, 0.05) is 43.1 Å². The molecule has 0 aliphatic heterocycles. The number of hydrogen-bond acceptors (Lipinski definition) is 2. The van der Waals surface area contributed by atoms with Gasteiger partial charge in [0.15, 0.2) is 0 Å². The molecule has 0 N–H and O–H groups in total. The maximum Gasteiger partial charge on any atom is 0.254 e. The van der Waals surface area contributed by atoms with Gasteiger partial charge in [0.25, 0.3) is 5.56 Å². The molecule has 2 aromatic heterocycles. The van der Waals surface area contributed by atoms with E-state index in [1.165, 1.54) is 10.9 Å². The van der Waals surface area contributed by atoms with Crippen LogP contribution >= 0.6 is 0 Å². The van der Waals surface area contributed by atoms with E-state index in [1.54, 1.807) is 17.7 Å². The van der Waals surface area contributed by atoms with Crippen molar-refractivity contribution in [2.75, 3.05) is 6.61 Å². The van der Waals surface area contributed by atoms with Crippen molar-refractivity contribution in [1.29, 1.82) is 0 Å². The van der Waals surface area contributed by atoms with Crippen molar-refractivity contribution in [1.82, 2.24) is 9.13 Å². The highest BCUT2D eigenvalue weighted by Gasteiger charge is 2.11. The zero-order valence-corrected chi connectivity index (χ0v) is 15.6. The van der Waals surface area contributed by atoms with Crippen molar-refractivity contribution in [3.8, 4) is 16.9 Å². The van der Waals surface area contributed by atoms with Crippen LogP contribution in [0.25, 0.3) is 22.0 Å². The minimum absolute atomic E-state index is 0.0734. The Morgan fingerprint density at radius 1 is 1.00 bits per heavy atom. The van der Waals surface area contributed by atoms with E-state index in [2.05, 4.69) is 59.3 Å². The highest BCUT2D eigenvalue weighted by molar-refractivity contribution is 5.86. The first-order chi connectivity index (χ1) is 13.2. The Bertz CT molecular complexity index is 1140. The van der Waals surface area contributed by atoms with Crippen molar-refractivity contribution >= 4 is 10.9 Å². The Morgan fingerprint density at radius 3 is 2.59 bits per heavy atom. The first-order valence-corrected chi connectivity index (χ1v) is 9.12. The van der Waals surface area contributed by atoms with Crippen LogP contribution in [0.2, 0.25) is 0 Å². The number of nitrogens with zero attached hydrogens (tertiary/aromatic N) is 2. The Morgan fingerprint density at radius 2 is 1.81 bits per heavy atom. The van der Waals surface area contributed by atoms with E-state index < -0.39 is 0 Å². The van der Waals surface area contributed by atoms with Gasteiger partial charge in [-0.3, -0.25) is 4.79 Å². The van der Waals surface area contributed by atoms with Crippen LogP contribution in [0, 0.1) is 0 Å². The van der Waals surface area contributed by atoms with Gasteiger partial charge in [-0.05, 0) is 35.6 Å². The zero-order chi connectivity index (χ0) is 18.8. The lowest BCUT2D eigenvalue weighted by Crippen LogP contribution is -2.16. The molecule has 2 heterocycles. The maximum absolute atomic E-state index is 12.0. The molecular weight excluding hydrogens is 336 g/mol. The summed E-state index contributed by atoms with van der Waals surface area (Å²) in [5.41, 5.74) is 4.31. The molecule has 4 heteroatoms. The molecule has 4 rings (SSSR count). The van der Waals surface area contributed by atoms with Crippen molar-refractivity contribution in [3.05, 3.63) is 89.0 Å². The summed E-state index contributed by atoms with van der Waals surface area (Å²) in [6.45, 7) is 3.27. The predicted molar refractivity (Wildman–Crippen MR) is 109 cm³/mol. The normalized spacial score (nSPS) is 11.0. The van der Waals surface area contributed by atoms with Crippen LogP contribution in [0.15, 0.2) is 77.9 Å². The molecule has 0 aliphatic carbocycles. The molecule has 4 aromatic rings. The van der Waals surface area contributed by atoms with Crippen LogP contribution in [0.4, 0.5) is 0 Å². The third-order valence-electron chi connectivity index (χ3n) is 4.77. The Labute approximate surface area is 158 Å². The molecular formula is C23H22N2O2. The van der Waals surface area contributed by atoms with Crippen LogP contribution < -0.4 is 10.3 Å². The summed E-state index contributed by atoms with van der Waals surface area (Å²) in [6.07, 6.45) is 3.96. The molecule has 0 spiro atoms. The maximum atomic E-state index is 12.0. The number of benzene rings is 2. The quantitative estimate of drug-likeness (QED) is 0.528. The summed E-state index contributed by atoms with van der Waals surface area (Å²) >= 11 is 0. The van der Waals surface area contributed by atoms with Crippen molar-refractivity contribution < 1.29 is 4.74 Å². The number of hydrogen-bond donors (Lipinski definition) is 0. The molecule has 136 valence electrons. The van der Waals surface area contributed by atoms with Gasteiger partial charge in [0.1, 0.15) is 5.75 Å². The Hall–Kier alpha value is -3.27. The largest absolute Gasteiger partial charge is 0.493 e. The number of pyridine rings is 1. The van der Waals surface area contributed by atoms with Gasteiger partial charge in [-0.1, -0.05) is 42.5 Å². The average molecular weight is 358 g/mol. The molecule has 27 heavy (non-hydrogen) atoms. The Kier molecular flexibility index (Phi) is 4.55. The van der Waals surface area contributed by atoms with E-state index in [0.29, 0.717) is 12.4 Å². The van der Waals surface area contributed by atoms with Crippen LogP contribution in [0.5, 0.6) is 5.75 Å². The van der Waals surface area contributed by atoms with Crippen molar-refractivity contribution in [2.24, 2.45) is 7.05 Å². The molecule has 0 bridgehead atoms.